The average molecular weight is 321 g/mol. The number of hydrogen-bond acceptors (Lipinski definition) is 5. The van der Waals surface area contributed by atoms with E-state index in [0.29, 0.717) is 6.04 Å². The van der Waals surface area contributed by atoms with Gasteiger partial charge in [0, 0.05) is 29.9 Å². The molecule has 0 unspecified atom stereocenters. The number of esters is 1. The Bertz CT molecular complexity index is 473. The minimum Gasteiger partial charge on any atom is -0.465 e. The Hall–Kier alpha value is -1.54. The Morgan fingerprint density at radius 2 is 1.91 bits per heavy atom. The minimum absolute atomic E-state index is 0.0167. The number of carbonyl (C=O) groups excluding carboxylic acids is 1. The Morgan fingerprint density at radius 3 is 2.35 bits per heavy atom. The zero-order chi connectivity index (χ0) is 17.7. The number of methoxy groups -OCH3 is 1. The third-order valence-corrected chi connectivity index (χ3v) is 4.23. The second-order valence-corrected chi connectivity index (χ2v) is 7.69. The summed E-state index contributed by atoms with van der Waals surface area (Å²) in [7, 11) is 1.31. The molecule has 1 saturated heterocycles. The fourth-order valence-corrected chi connectivity index (χ4v) is 3.60. The number of unbranched alkanes of at least 4 members (excludes halogenated alkanes) is 1. The van der Waals surface area contributed by atoms with Crippen molar-refractivity contribution >= 4 is 5.97 Å². The molecule has 0 aliphatic carbocycles. The van der Waals surface area contributed by atoms with Crippen molar-refractivity contribution in [2.45, 2.75) is 77.4 Å². The van der Waals surface area contributed by atoms with Crippen LogP contribution in [-0.2, 0) is 9.53 Å². The van der Waals surface area contributed by atoms with Gasteiger partial charge in [0.25, 0.3) is 0 Å². The highest BCUT2D eigenvalue weighted by molar-refractivity contribution is 5.92. The van der Waals surface area contributed by atoms with Crippen molar-refractivity contribution in [3.63, 3.8) is 0 Å². The monoisotopic (exact) mass is 321 g/mol. The molecular weight excluding hydrogens is 290 g/mol. The topological polar surface area (TPSA) is 65.4 Å². The number of nitriles is 1. The fourth-order valence-electron chi connectivity index (χ4n) is 3.60. The van der Waals surface area contributed by atoms with Crippen molar-refractivity contribution in [3.05, 3.63) is 11.8 Å². The number of carbonyl (C=O) groups is 1. The van der Waals surface area contributed by atoms with Gasteiger partial charge in [0.05, 0.1) is 7.11 Å². The number of hydrogen-bond donors (Lipinski definition) is 1. The van der Waals surface area contributed by atoms with E-state index >= 15 is 0 Å². The van der Waals surface area contributed by atoms with Gasteiger partial charge in [-0.15, -0.1) is 0 Å². The highest BCUT2D eigenvalue weighted by atomic mass is 16.5. The lowest BCUT2D eigenvalue weighted by atomic mass is 9.79. The normalized spacial score (nSPS) is 20.7. The van der Waals surface area contributed by atoms with Gasteiger partial charge >= 0.3 is 5.97 Å². The Balaban J connectivity index is 3.08. The summed E-state index contributed by atoms with van der Waals surface area (Å²) < 4.78 is 4.71. The van der Waals surface area contributed by atoms with Crippen molar-refractivity contribution in [2.75, 3.05) is 13.7 Å². The quantitative estimate of drug-likeness (QED) is 0.463. The van der Waals surface area contributed by atoms with E-state index in [9.17, 15) is 10.1 Å². The lowest BCUT2D eigenvalue weighted by molar-refractivity contribution is -0.135. The summed E-state index contributed by atoms with van der Waals surface area (Å²) in [4.78, 5) is 13.9. The third-order valence-electron chi connectivity index (χ3n) is 4.23. The molecule has 0 aromatic heterocycles. The Morgan fingerprint density at radius 1 is 1.35 bits per heavy atom. The molecule has 0 saturated carbocycles. The van der Waals surface area contributed by atoms with Crippen LogP contribution in [0.3, 0.4) is 0 Å². The van der Waals surface area contributed by atoms with Crippen molar-refractivity contribution < 1.29 is 9.53 Å². The molecule has 130 valence electrons. The lowest BCUT2D eigenvalue weighted by Gasteiger charge is -2.49. The summed E-state index contributed by atoms with van der Waals surface area (Å²) >= 11 is 0. The molecule has 1 aliphatic heterocycles. The molecule has 0 amide bonds. The fraction of sp³-hybridized carbons (Fsp3) is 0.778. The first-order valence-electron chi connectivity index (χ1n) is 8.39. The number of piperidine rings is 1. The molecule has 0 atom stereocenters. The first-order valence-corrected chi connectivity index (χ1v) is 8.39. The van der Waals surface area contributed by atoms with Crippen molar-refractivity contribution in [1.82, 2.24) is 10.2 Å². The molecule has 0 bridgehead atoms. The maximum absolute atomic E-state index is 11.7. The van der Waals surface area contributed by atoms with Crippen LogP contribution in [-0.4, -0.2) is 41.6 Å². The van der Waals surface area contributed by atoms with E-state index in [1.54, 1.807) is 6.20 Å². The molecule has 0 radical (unpaired) electrons. The molecule has 0 spiro atoms. The molecule has 0 aromatic carbocycles. The van der Waals surface area contributed by atoms with Crippen molar-refractivity contribution in [2.24, 2.45) is 0 Å². The maximum Gasteiger partial charge on any atom is 0.350 e. The molecule has 1 heterocycles. The minimum atomic E-state index is -0.568. The second kappa shape index (κ2) is 7.83. The highest BCUT2D eigenvalue weighted by Gasteiger charge is 2.39. The average Bonchev–Trinajstić information content (AvgIpc) is 2.43. The van der Waals surface area contributed by atoms with Gasteiger partial charge in [-0.3, -0.25) is 0 Å². The Kier molecular flexibility index (Phi) is 6.64. The van der Waals surface area contributed by atoms with Crippen LogP contribution in [0, 0.1) is 11.3 Å². The van der Waals surface area contributed by atoms with Crippen LogP contribution in [0.5, 0.6) is 0 Å². The van der Waals surface area contributed by atoms with E-state index in [1.165, 1.54) is 7.11 Å². The maximum atomic E-state index is 11.7. The van der Waals surface area contributed by atoms with E-state index < -0.39 is 5.97 Å². The number of ether oxygens (including phenoxy) is 1. The number of rotatable bonds is 6. The van der Waals surface area contributed by atoms with E-state index in [1.807, 2.05) is 6.07 Å². The molecule has 1 aliphatic rings. The SMILES string of the molecule is CCCCN(C=C(C#N)C(=O)OC)C1CC(C)(C)NC(C)(C)C1. The zero-order valence-corrected chi connectivity index (χ0v) is 15.4. The largest absolute Gasteiger partial charge is 0.465 e. The third kappa shape index (κ3) is 5.87. The zero-order valence-electron chi connectivity index (χ0n) is 15.4. The lowest BCUT2D eigenvalue weighted by Crippen LogP contribution is -2.61. The van der Waals surface area contributed by atoms with Gasteiger partial charge in [-0.1, -0.05) is 13.3 Å². The van der Waals surface area contributed by atoms with Gasteiger partial charge in [-0.2, -0.15) is 5.26 Å². The van der Waals surface area contributed by atoms with Crippen LogP contribution in [0.15, 0.2) is 11.8 Å². The standard InChI is InChI=1S/C18H31N3O2/c1-7-8-9-21(13-14(12-19)16(22)23-6)15-10-17(2,3)20-18(4,5)11-15/h13,15,20H,7-11H2,1-6H3. The van der Waals surface area contributed by atoms with Crippen LogP contribution in [0.1, 0.15) is 60.3 Å². The van der Waals surface area contributed by atoms with Crippen LogP contribution in [0.4, 0.5) is 0 Å². The van der Waals surface area contributed by atoms with Crippen LogP contribution in [0.25, 0.3) is 0 Å². The van der Waals surface area contributed by atoms with Crippen LogP contribution < -0.4 is 5.32 Å². The molecule has 5 nitrogen and oxygen atoms in total. The van der Waals surface area contributed by atoms with Gasteiger partial charge in [-0.05, 0) is 47.0 Å². The molecule has 23 heavy (non-hydrogen) atoms. The summed E-state index contributed by atoms with van der Waals surface area (Å²) in [5.74, 6) is -0.568. The summed E-state index contributed by atoms with van der Waals surface area (Å²) in [6, 6.07) is 2.26. The smallest absolute Gasteiger partial charge is 0.350 e. The van der Waals surface area contributed by atoms with Gasteiger partial charge in [-0.25, -0.2) is 4.79 Å². The summed E-state index contributed by atoms with van der Waals surface area (Å²) in [6.45, 7) is 11.8. The second-order valence-electron chi connectivity index (χ2n) is 7.69. The summed E-state index contributed by atoms with van der Waals surface area (Å²) in [6.07, 6.45) is 5.74. The summed E-state index contributed by atoms with van der Waals surface area (Å²) in [5, 5.41) is 12.9. The van der Waals surface area contributed by atoms with E-state index in [0.717, 1.165) is 32.2 Å². The highest BCUT2D eigenvalue weighted by Crippen LogP contribution is 2.32. The molecule has 1 N–H and O–H groups in total. The van der Waals surface area contributed by atoms with Gasteiger partial charge in [0.2, 0.25) is 0 Å². The predicted octanol–water partition coefficient (Wildman–Crippen LogP) is 2.98. The van der Waals surface area contributed by atoms with Crippen LogP contribution >= 0.6 is 0 Å². The van der Waals surface area contributed by atoms with Crippen molar-refractivity contribution in [3.8, 4) is 6.07 Å². The molecule has 5 heteroatoms. The Labute approximate surface area is 140 Å². The number of nitrogens with one attached hydrogen (secondary N) is 1. The summed E-state index contributed by atoms with van der Waals surface area (Å²) in [5.41, 5.74) is 0.101. The first-order chi connectivity index (χ1) is 10.6. The van der Waals surface area contributed by atoms with Gasteiger partial charge in [0.1, 0.15) is 6.07 Å². The van der Waals surface area contributed by atoms with Crippen LogP contribution in [0.2, 0.25) is 0 Å². The number of nitrogens with zero attached hydrogens (tertiary/aromatic N) is 2. The van der Waals surface area contributed by atoms with Gasteiger partial charge < -0.3 is 15.0 Å². The molecule has 1 fully saturated rings. The van der Waals surface area contributed by atoms with E-state index in [2.05, 4.69) is 44.8 Å². The van der Waals surface area contributed by atoms with E-state index in [4.69, 9.17) is 4.74 Å². The first kappa shape index (κ1) is 19.5. The molecule has 0 aromatic rings. The van der Waals surface area contributed by atoms with E-state index in [-0.39, 0.29) is 16.7 Å². The van der Waals surface area contributed by atoms with Crippen molar-refractivity contribution in [1.29, 1.82) is 5.26 Å². The van der Waals surface area contributed by atoms with Gasteiger partial charge in [0.15, 0.2) is 5.57 Å². The molecular formula is C18H31N3O2. The molecule has 1 rings (SSSR count). The predicted molar refractivity (Wildman–Crippen MR) is 91.6 cm³/mol.